The molecule has 28 heavy (non-hydrogen) atoms. The first kappa shape index (κ1) is 20.8. The molecule has 2 aromatic rings. The van der Waals surface area contributed by atoms with Crippen LogP contribution in [0, 0.1) is 0 Å². The number of ether oxygens (including phenoxy) is 1. The number of aromatic nitrogens is 4. The number of carbonyl (C=O) groups excluding carboxylic acids is 1. The van der Waals surface area contributed by atoms with Crippen LogP contribution in [-0.4, -0.2) is 82.2 Å². The van der Waals surface area contributed by atoms with Gasteiger partial charge in [-0.15, -0.1) is 10.2 Å². The number of rotatable bonds is 8. The first-order valence-electron chi connectivity index (χ1n) is 9.75. The zero-order valence-electron chi connectivity index (χ0n) is 16.8. The van der Waals surface area contributed by atoms with Crippen LogP contribution in [0.2, 0.25) is 0 Å². The summed E-state index contributed by atoms with van der Waals surface area (Å²) in [5.74, 6) is 0.939. The van der Waals surface area contributed by atoms with Crippen molar-refractivity contribution >= 4 is 17.7 Å². The molecule has 0 aromatic carbocycles. The van der Waals surface area contributed by atoms with Crippen molar-refractivity contribution in [1.29, 1.82) is 0 Å². The van der Waals surface area contributed by atoms with Crippen LogP contribution in [0.15, 0.2) is 29.7 Å². The van der Waals surface area contributed by atoms with Gasteiger partial charge in [0.1, 0.15) is 0 Å². The molecule has 1 saturated heterocycles. The summed E-state index contributed by atoms with van der Waals surface area (Å²) in [4.78, 5) is 20.5. The fourth-order valence-electron chi connectivity index (χ4n) is 3.34. The van der Waals surface area contributed by atoms with E-state index in [1.54, 1.807) is 24.4 Å². The van der Waals surface area contributed by atoms with E-state index in [1.165, 1.54) is 11.8 Å². The Bertz CT molecular complexity index is 761. The van der Waals surface area contributed by atoms with Crippen LogP contribution in [0.25, 0.3) is 11.4 Å². The molecule has 0 spiro atoms. The van der Waals surface area contributed by atoms with Gasteiger partial charge in [-0.2, -0.15) is 0 Å². The van der Waals surface area contributed by atoms with Crippen LogP contribution >= 0.6 is 11.8 Å². The monoisotopic (exact) mass is 405 g/mol. The minimum absolute atomic E-state index is 0.173. The van der Waals surface area contributed by atoms with Crippen LogP contribution in [0.4, 0.5) is 0 Å². The summed E-state index contributed by atoms with van der Waals surface area (Å²) in [7, 11) is 1.67. The summed E-state index contributed by atoms with van der Waals surface area (Å²) in [6.07, 6.45) is 3.48. The summed E-state index contributed by atoms with van der Waals surface area (Å²) in [5, 5.41) is 9.26. The molecule has 1 aliphatic heterocycles. The Hall–Kier alpha value is -1.97. The molecule has 0 bridgehead atoms. The summed E-state index contributed by atoms with van der Waals surface area (Å²) >= 11 is 1.46. The zero-order chi connectivity index (χ0) is 19.9. The van der Waals surface area contributed by atoms with Gasteiger partial charge in [0, 0.05) is 25.1 Å². The first-order chi connectivity index (χ1) is 13.6. The van der Waals surface area contributed by atoms with Crippen LogP contribution < -0.4 is 4.90 Å². The van der Waals surface area contributed by atoms with E-state index < -0.39 is 0 Å². The summed E-state index contributed by atoms with van der Waals surface area (Å²) < 4.78 is 7.27. The molecule has 3 heterocycles. The minimum Gasteiger partial charge on any atom is -0.383 e. The number of hydrogen-bond donors (Lipinski definition) is 1. The molecule has 0 saturated carbocycles. The standard InChI is InChI=1S/C19H28N6O2S/c1-4-23-9-11-24(12-10-23)18(26)15(2)28-19-22-21-17(25(19)13-14-27-3)16-5-7-20-8-6-16/h5-8,15H,4,9-14H2,1-3H3/p+1/t15-/m0/s1. The lowest BCUT2D eigenvalue weighted by molar-refractivity contribution is -0.902. The molecule has 2 aromatic heterocycles. The minimum atomic E-state index is -0.209. The molecule has 8 nitrogen and oxygen atoms in total. The Morgan fingerprint density at radius 2 is 2.00 bits per heavy atom. The normalized spacial score (nSPS) is 16.3. The third kappa shape index (κ3) is 4.89. The molecule has 1 N–H and O–H groups in total. The van der Waals surface area contributed by atoms with E-state index in [4.69, 9.17) is 4.74 Å². The molecule has 0 unspecified atom stereocenters. The highest BCUT2D eigenvalue weighted by atomic mass is 32.2. The molecule has 0 radical (unpaired) electrons. The lowest BCUT2D eigenvalue weighted by atomic mass is 10.2. The second-order valence-electron chi connectivity index (χ2n) is 6.88. The zero-order valence-corrected chi connectivity index (χ0v) is 17.6. The SMILES string of the molecule is CC[NH+]1CCN(C(=O)[C@H](C)Sc2nnc(-c3ccncc3)n2CCOC)CC1. The van der Waals surface area contributed by atoms with Crippen molar-refractivity contribution in [2.45, 2.75) is 30.8 Å². The van der Waals surface area contributed by atoms with Gasteiger partial charge in [0.15, 0.2) is 11.0 Å². The Morgan fingerprint density at radius 3 is 2.64 bits per heavy atom. The van der Waals surface area contributed by atoms with Crippen LogP contribution in [0.1, 0.15) is 13.8 Å². The molecule has 1 amide bonds. The van der Waals surface area contributed by atoms with Gasteiger partial charge in [-0.25, -0.2) is 0 Å². The molecule has 0 aliphatic carbocycles. The Balaban J connectivity index is 1.72. The third-order valence-electron chi connectivity index (χ3n) is 5.09. The molecule has 1 atom stereocenters. The average Bonchev–Trinajstić information content (AvgIpc) is 3.14. The highest BCUT2D eigenvalue weighted by molar-refractivity contribution is 8.00. The predicted octanol–water partition coefficient (Wildman–Crippen LogP) is 0.214. The van der Waals surface area contributed by atoms with E-state index in [2.05, 4.69) is 22.1 Å². The van der Waals surface area contributed by atoms with Crippen molar-refractivity contribution in [3.8, 4) is 11.4 Å². The van der Waals surface area contributed by atoms with Crippen LogP contribution in [0.5, 0.6) is 0 Å². The predicted molar refractivity (Wildman–Crippen MR) is 108 cm³/mol. The molecule has 1 aliphatic rings. The number of pyridine rings is 1. The number of nitrogens with zero attached hydrogens (tertiary/aromatic N) is 5. The van der Waals surface area contributed by atoms with Gasteiger partial charge in [-0.05, 0) is 26.0 Å². The number of likely N-dealkylation sites (N-methyl/N-ethyl adjacent to an activating group) is 1. The number of methoxy groups -OCH3 is 1. The number of quaternary nitrogens is 1. The number of piperazine rings is 1. The third-order valence-corrected chi connectivity index (χ3v) is 6.15. The van der Waals surface area contributed by atoms with Crippen molar-refractivity contribution in [3.05, 3.63) is 24.5 Å². The van der Waals surface area contributed by atoms with E-state index in [1.807, 2.05) is 28.5 Å². The fourth-order valence-corrected chi connectivity index (χ4v) is 4.30. The van der Waals surface area contributed by atoms with E-state index in [-0.39, 0.29) is 11.2 Å². The lowest BCUT2D eigenvalue weighted by Crippen LogP contribution is -3.14. The van der Waals surface area contributed by atoms with E-state index in [0.717, 1.165) is 49.3 Å². The molecular formula is C19H29N6O2S+. The fraction of sp³-hybridized carbons (Fsp3) is 0.579. The Morgan fingerprint density at radius 1 is 1.29 bits per heavy atom. The maximum atomic E-state index is 12.9. The van der Waals surface area contributed by atoms with Crippen molar-refractivity contribution in [3.63, 3.8) is 0 Å². The maximum absolute atomic E-state index is 12.9. The quantitative estimate of drug-likeness (QED) is 0.633. The molecule has 3 rings (SSSR count). The van der Waals surface area contributed by atoms with Crippen LogP contribution in [-0.2, 0) is 16.1 Å². The van der Waals surface area contributed by atoms with Gasteiger partial charge in [0.25, 0.3) is 0 Å². The first-order valence-corrected chi connectivity index (χ1v) is 10.6. The molecule has 152 valence electrons. The van der Waals surface area contributed by atoms with Gasteiger partial charge < -0.3 is 14.5 Å². The summed E-state index contributed by atoms with van der Waals surface area (Å²) in [5.41, 5.74) is 0.947. The van der Waals surface area contributed by atoms with Gasteiger partial charge in [-0.1, -0.05) is 11.8 Å². The number of nitrogens with one attached hydrogen (secondary N) is 1. The number of hydrogen-bond acceptors (Lipinski definition) is 6. The van der Waals surface area contributed by atoms with Crippen molar-refractivity contribution in [2.75, 3.05) is 46.4 Å². The number of amides is 1. The average molecular weight is 406 g/mol. The Kier molecular flexibility index (Phi) is 7.41. The largest absolute Gasteiger partial charge is 0.383 e. The topological polar surface area (TPSA) is 77.6 Å². The second kappa shape index (κ2) is 9.99. The lowest BCUT2D eigenvalue weighted by Gasteiger charge is -2.32. The van der Waals surface area contributed by atoms with E-state index in [0.29, 0.717) is 13.2 Å². The maximum Gasteiger partial charge on any atom is 0.236 e. The number of carbonyl (C=O) groups is 1. The second-order valence-corrected chi connectivity index (χ2v) is 8.18. The van der Waals surface area contributed by atoms with Crippen molar-refractivity contribution < 1.29 is 14.4 Å². The summed E-state index contributed by atoms with van der Waals surface area (Å²) in [6, 6.07) is 3.82. The van der Waals surface area contributed by atoms with Crippen molar-refractivity contribution in [2.24, 2.45) is 0 Å². The summed E-state index contributed by atoms with van der Waals surface area (Å²) in [6.45, 7) is 10.1. The van der Waals surface area contributed by atoms with Gasteiger partial charge in [0.2, 0.25) is 5.91 Å². The van der Waals surface area contributed by atoms with Gasteiger partial charge in [-0.3, -0.25) is 14.3 Å². The van der Waals surface area contributed by atoms with E-state index in [9.17, 15) is 4.79 Å². The van der Waals surface area contributed by atoms with Crippen LogP contribution in [0.3, 0.4) is 0 Å². The smallest absolute Gasteiger partial charge is 0.236 e. The van der Waals surface area contributed by atoms with Gasteiger partial charge >= 0.3 is 0 Å². The highest BCUT2D eigenvalue weighted by Gasteiger charge is 2.28. The highest BCUT2D eigenvalue weighted by Crippen LogP contribution is 2.27. The van der Waals surface area contributed by atoms with Gasteiger partial charge in [0.05, 0.1) is 51.1 Å². The van der Waals surface area contributed by atoms with E-state index >= 15 is 0 Å². The molecule has 9 heteroatoms. The Labute approximate surface area is 170 Å². The molecule has 1 fully saturated rings. The van der Waals surface area contributed by atoms with Crippen molar-refractivity contribution in [1.82, 2.24) is 24.6 Å². The number of thioether (sulfide) groups is 1. The molecular weight excluding hydrogens is 376 g/mol.